The number of hydrazine groups is 1. The molecule has 0 aliphatic carbocycles. The number of aromatic nitrogens is 1. The number of hydrogen-bond acceptors (Lipinski definition) is 4. The van der Waals surface area contributed by atoms with Crippen LogP contribution in [0.4, 0.5) is 11.4 Å². The highest BCUT2D eigenvalue weighted by atomic mass is 35.5. The average molecular weight is 388 g/mol. The lowest BCUT2D eigenvalue weighted by atomic mass is 10.2. The van der Waals surface area contributed by atoms with E-state index in [4.69, 9.17) is 10.1 Å². The van der Waals surface area contributed by atoms with E-state index < -0.39 is 0 Å². The molecule has 0 fully saturated rings. The first-order valence-electron chi connectivity index (χ1n) is 8.87. The number of nitrogens with zero attached hydrogens (tertiary/aromatic N) is 4. The highest BCUT2D eigenvalue weighted by molar-refractivity contribution is 5.94. The van der Waals surface area contributed by atoms with E-state index in [1.54, 1.807) is 0 Å². The lowest BCUT2D eigenvalue weighted by molar-refractivity contribution is -0.545. The third-order valence-corrected chi connectivity index (χ3v) is 4.52. The Hall–Kier alpha value is -3.41. The van der Waals surface area contributed by atoms with Crippen LogP contribution < -0.4 is 28.1 Å². The Kier molecular flexibility index (Phi) is 4.93. The predicted octanol–water partition coefficient (Wildman–Crippen LogP) is 0.321. The van der Waals surface area contributed by atoms with E-state index in [0.29, 0.717) is 0 Å². The van der Waals surface area contributed by atoms with Crippen molar-refractivity contribution in [3.8, 4) is 0 Å². The van der Waals surface area contributed by atoms with E-state index >= 15 is 0 Å². The Labute approximate surface area is 169 Å². The number of halogens is 1. The van der Waals surface area contributed by atoms with Crippen molar-refractivity contribution < 1.29 is 17.8 Å². The molecule has 0 amide bonds. The van der Waals surface area contributed by atoms with E-state index in [1.807, 2.05) is 88.5 Å². The van der Waals surface area contributed by atoms with Gasteiger partial charge in [0.15, 0.2) is 0 Å². The number of hydrogen-bond donors (Lipinski definition) is 1. The minimum atomic E-state index is 0. The summed E-state index contributed by atoms with van der Waals surface area (Å²) in [5, 5.41) is 9.92. The first kappa shape index (κ1) is 18.0. The molecule has 0 bridgehead atoms. The third kappa shape index (κ3) is 3.29. The summed E-state index contributed by atoms with van der Waals surface area (Å²) in [7, 11) is 0. The molecule has 5 rings (SSSR count). The molecule has 138 valence electrons. The fourth-order valence-electron chi connectivity index (χ4n) is 3.18. The summed E-state index contributed by atoms with van der Waals surface area (Å²) >= 11 is 0. The minimum absolute atomic E-state index is 0. The van der Waals surface area contributed by atoms with E-state index in [9.17, 15) is 0 Å². The van der Waals surface area contributed by atoms with Gasteiger partial charge in [-0.25, -0.2) is 4.98 Å². The van der Waals surface area contributed by atoms with Gasteiger partial charge < -0.3 is 12.4 Å². The lowest BCUT2D eigenvalue weighted by Gasteiger charge is -2.23. The quantitative estimate of drug-likeness (QED) is 0.515. The Morgan fingerprint density at radius 2 is 1.29 bits per heavy atom. The molecule has 3 aromatic carbocycles. The molecule has 4 aromatic rings. The average Bonchev–Trinajstić information content (AvgIpc) is 3.20. The summed E-state index contributed by atoms with van der Waals surface area (Å²) in [5.41, 5.74) is 5.89. The first-order valence-corrected chi connectivity index (χ1v) is 8.87. The largest absolute Gasteiger partial charge is 1.00 e. The highest BCUT2D eigenvalue weighted by Crippen LogP contribution is 2.22. The number of quaternary nitrogens is 1. The molecule has 1 aromatic heterocycles. The van der Waals surface area contributed by atoms with Gasteiger partial charge in [0.1, 0.15) is 11.4 Å². The minimum Gasteiger partial charge on any atom is -1.00 e. The number of fused-ring (bicyclic) bond motifs is 1. The molecule has 1 aliphatic heterocycles. The van der Waals surface area contributed by atoms with Gasteiger partial charge in [-0.1, -0.05) is 65.8 Å². The van der Waals surface area contributed by atoms with E-state index in [0.717, 1.165) is 33.8 Å². The van der Waals surface area contributed by atoms with Crippen molar-refractivity contribution in [3.05, 3.63) is 103 Å². The summed E-state index contributed by atoms with van der Waals surface area (Å²) in [4.78, 5) is 4.80. The van der Waals surface area contributed by atoms with Crippen molar-refractivity contribution >= 4 is 28.1 Å². The number of benzene rings is 3. The SMILES string of the molecule is [Cl-].c1ccc(N2N=C(c3ccc4ccccc4n3)[NH2+]N2c2ccccc2)cc1. The lowest BCUT2D eigenvalue weighted by Crippen LogP contribution is -3.00. The summed E-state index contributed by atoms with van der Waals surface area (Å²) < 4.78 is 0. The van der Waals surface area contributed by atoms with Crippen molar-refractivity contribution in [2.75, 3.05) is 10.2 Å². The molecule has 28 heavy (non-hydrogen) atoms. The molecule has 0 spiro atoms. The van der Waals surface area contributed by atoms with Crippen molar-refractivity contribution in [1.29, 1.82) is 0 Å². The van der Waals surface area contributed by atoms with Crippen LogP contribution in [-0.4, -0.2) is 10.8 Å². The monoisotopic (exact) mass is 387 g/mol. The van der Waals surface area contributed by atoms with Crippen molar-refractivity contribution in [2.45, 2.75) is 0 Å². The predicted molar refractivity (Wildman–Crippen MR) is 108 cm³/mol. The van der Waals surface area contributed by atoms with Crippen LogP contribution in [0.3, 0.4) is 0 Å². The summed E-state index contributed by atoms with van der Waals surface area (Å²) in [6.45, 7) is 0. The van der Waals surface area contributed by atoms with Crippen LogP contribution in [0.5, 0.6) is 0 Å². The normalized spacial score (nSPS) is 13.4. The molecule has 2 heterocycles. The van der Waals surface area contributed by atoms with Crippen LogP contribution in [0, 0.1) is 0 Å². The Morgan fingerprint density at radius 1 is 0.643 bits per heavy atom. The van der Waals surface area contributed by atoms with Crippen molar-refractivity contribution in [1.82, 2.24) is 4.98 Å². The Morgan fingerprint density at radius 3 is 2.04 bits per heavy atom. The van der Waals surface area contributed by atoms with Crippen LogP contribution in [0.15, 0.2) is 102 Å². The molecule has 1 aliphatic rings. The summed E-state index contributed by atoms with van der Waals surface area (Å²) in [6, 6.07) is 32.6. The smallest absolute Gasteiger partial charge is 0.295 e. The number of nitrogens with two attached hydrogens (primary N) is 1. The van der Waals surface area contributed by atoms with Gasteiger partial charge in [-0.05, 0) is 36.4 Å². The van der Waals surface area contributed by atoms with Crippen LogP contribution >= 0.6 is 0 Å². The third-order valence-electron chi connectivity index (χ3n) is 4.52. The fourth-order valence-corrected chi connectivity index (χ4v) is 3.18. The van der Waals surface area contributed by atoms with Crippen LogP contribution in [0.25, 0.3) is 10.9 Å². The van der Waals surface area contributed by atoms with Crippen LogP contribution in [-0.2, 0) is 0 Å². The van der Waals surface area contributed by atoms with Gasteiger partial charge in [-0.3, -0.25) is 0 Å². The molecule has 0 atom stereocenters. The van der Waals surface area contributed by atoms with Gasteiger partial charge >= 0.3 is 0 Å². The number of hydrazone groups is 1. The molecule has 0 saturated heterocycles. The highest BCUT2D eigenvalue weighted by Gasteiger charge is 2.31. The van der Waals surface area contributed by atoms with Gasteiger partial charge in [0, 0.05) is 5.39 Å². The maximum absolute atomic E-state index is 4.85. The zero-order chi connectivity index (χ0) is 18.1. The van der Waals surface area contributed by atoms with Crippen molar-refractivity contribution in [3.63, 3.8) is 0 Å². The Bertz CT molecular complexity index is 1120. The molecule has 6 heteroatoms. The fraction of sp³-hybridized carbons (Fsp3) is 0. The Balaban J connectivity index is 0.00000192. The van der Waals surface area contributed by atoms with Gasteiger partial charge in [0.2, 0.25) is 0 Å². The van der Waals surface area contributed by atoms with Crippen LogP contribution in [0.1, 0.15) is 5.69 Å². The van der Waals surface area contributed by atoms with E-state index in [-0.39, 0.29) is 12.4 Å². The maximum Gasteiger partial charge on any atom is 0.295 e. The van der Waals surface area contributed by atoms with Gasteiger partial charge in [0.05, 0.1) is 11.2 Å². The number of amidine groups is 1. The zero-order valence-electron chi connectivity index (χ0n) is 15.0. The molecule has 0 unspecified atom stereocenters. The molecule has 2 N–H and O–H groups in total. The summed E-state index contributed by atoms with van der Waals surface area (Å²) in [6.07, 6.45) is 0. The number of pyridine rings is 1. The molecule has 5 nitrogen and oxygen atoms in total. The van der Waals surface area contributed by atoms with Gasteiger partial charge in [-0.15, -0.1) is 10.2 Å². The first-order chi connectivity index (χ1) is 13.4. The summed E-state index contributed by atoms with van der Waals surface area (Å²) in [5.74, 6) is 0.827. The van der Waals surface area contributed by atoms with E-state index in [2.05, 4.69) is 24.3 Å². The topological polar surface area (TPSA) is 48.3 Å². The number of rotatable bonds is 3. The van der Waals surface area contributed by atoms with Gasteiger partial charge in [-0.2, -0.15) is 5.43 Å². The standard InChI is InChI=1S/C22H17N5.ClH/c1-3-10-18(11-4-1)26-24-22(25-27(26)19-12-5-2-6-13-19)21-16-15-17-9-7-8-14-20(17)23-21;/h1-16H,(H,24,25);1H. The second-order valence-electron chi connectivity index (χ2n) is 6.31. The number of para-hydroxylation sites is 3. The molecule has 0 saturated carbocycles. The van der Waals surface area contributed by atoms with Crippen LogP contribution in [0.2, 0.25) is 0 Å². The van der Waals surface area contributed by atoms with Gasteiger partial charge in [0.25, 0.3) is 5.84 Å². The molecular weight excluding hydrogens is 370 g/mol. The zero-order valence-corrected chi connectivity index (χ0v) is 15.7. The maximum atomic E-state index is 4.85. The van der Waals surface area contributed by atoms with Crippen molar-refractivity contribution in [2.24, 2.45) is 5.10 Å². The second-order valence-corrected chi connectivity index (χ2v) is 6.31. The molecule has 0 radical (unpaired) electrons. The number of anilines is 2. The molecular formula is C22H18ClN5. The second kappa shape index (κ2) is 7.68. The van der Waals surface area contributed by atoms with E-state index in [1.165, 1.54) is 0 Å².